The van der Waals surface area contributed by atoms with Crippen molar-refractivity contribution < 1.29 is 18.0 Å². The van der Waals surface area contributed by atoms with Crippen molar-refractivity contribution in [2.45, 2.75) is 45.2 Å². The van der Waals surface area contributed by atoms with Crippen LogP contribution >= 0.6 is 0 Å². The number of likely N-dealkylation sites (tertiary alicyclic amines) is 1. The van der Waals surface area contributed by atoms with Crippen molar-refractivity contribution in [3.8, 4) is 0 Å². The van der Waals surface area contributed by atoms with Crippen LogP contribution in [0.1, 0.15) is 50.8 Å². The van der Waals surface area contributed by atoms with E-state index in [1.165, 1.54) is 42.9 Å². The molecule has 0 aliphatic carbocycles. The number of amides is 1. The van der Waals surface area contributed by atoms with Gasteiger partial charge in [0.1, 0.15) is 5.82 Å². The molecule has 0 radical (unpaired) electrons. The van der Waals surface area contributed by atoms with E-state index in [-0.39, 0.29) is 22.7 Å². The molecule has 3 heterocycles. The number of fused-ring (bicyclic) bond motifs is 1. The SMILES string of the molecule is CC(=O)N1CC[C@@](C)(n2cc3c(NC(C)c4cccc(C(F)F)c4F)nn(C)c(=O)c3cc2=O)C1. The molecule has 8 nitrogen and oxygen atoms in total. The summed E-state index contributed by atoms with van der Waals surface area (Å²) in [4.78, 5) is 39.3. The van der Waals surface area contributed by atoms with E-state index in [2.05, 4.69) is 10.4 Å². The molecular formula is C24H26F3N5O3. The first-order valence-corrected chi connectivity index (χ1v) is 11.2. The van der Waals surface area contributed by atoms with Crippen LogP contribution in [0, 0.1) is 5.82 Å². The summed E-state index contributed by atoms with van der Waals surface area (Å²) in [5.41, 5.74) is -2.27. The van der Waals surface area contributed by atoms with E-state index in [0.717, 1.165) is 10.7 Å². The van der Waals surface area contributed by atoms with Crippen LogP contribution in [0.5, 0.6) is 0 Å². The lowest BCUT2D eigenvalue weighted by Crippen LogP contribution is -2.41. The lowest BCUT2D eigenvalue weighted by atomic mass is 10.0. The topological polar surface area (TPSA) is 89.2 Å². The number of benzene rings is 1. The highest BCUT2D eigenvalue weighted by molar-refractivity contribution is 5.90. The second kappa shape index (κ2) is 8.86. The number of aryl methyl sites for hydroxylation is 1. The number of hydrogen-bond acceptors (Lipinski definition) is 5. The first kappa shape index (κ1) is 24.5. The Balaban J connectivity index is 1.82. The zero-order chi connectivity index (χ0) is 25.7. The number of nitrogens with one attached hydrogen (secondary N) is 1. The number of carbonyl (C=O) groups excluding carboxylic acids is 1. The Morgan fingerprint density at radius 3 is 2.51 bits per heavy atom. The minimum atomic E-state index is -2.96. The Bertz CT molecular complexity index is 1430. The normalized spacial score (nSPS) is 18.9. The molecule has 186 valence electrons. The summed E-state index contributed by atoms with van der Waals surface area (Å²) < 4.78 is 43.6. The fourth-order valence-electron chi connectivity index (χ4n) is 4.62. The zero-order valence-corrected chi connectivity index (χ0v) is 19.8. The second-order valence-electron chi connectivity index (χ2n) is 9.19. The first-order chi connectivity index (χ1) is 16.4. The molecule has 0 saturated carbocycles. The third-order valence-corrected chi connectivity index (χ3v) is 6.68. The van der Waals surface area contributed by atoms with Gasteiger partial charge in [-0.15, -0.1) is 0 Å². The third kappa shape index (κ3) is 4.30. The van der Waals surface area contributed by atoms with Crippen molar-refractivity contribution in [3.63, 3.8) is 0 Å². The van der Waals surface area contributed by atoms with Crippen LogP contribution in [0.4, 0.5) is 19.0 Å². The van der Waals surface area contributed by atoms with Crippen molar-refractivity contribution in [2.75, 3.05) is 18.4 Å². The highest BCUT2D eigenvalue weighted by Gasteiger charge is 2.37. The fraction of sp³-hybridized carbons (Fsp3) is 0.417. The Morgan fingerprint density at radius 2 is 1.89 bits per heavy atom. The van der Waals surface area contributed by atoms with Crippen LogP contribution in [-0.2, 0) is 17.4 Å². The Kier molecular flexibility index (Phi) is 6.20. The summed E-state index contributed by atoms with van der Waals surface area (Å²) in [6, 6.07) is 4.23. The summed E-state index contributed by atoms with van der Waals surface area (Å²) in [5, 5.41) is 7.72. The Labute approximate surface area is 199 Å². The molecule has 3 aromatic rings. The molecule has 4 rings (SSSR count). The van der Waals surface area contributed by atoms with Crippen molar-refractivity contribution in [1.82, 2.24) is 19.2 Å². The van der Waals surface area contributed by atoms with E-state index in [1.54, 1.807) is 11.8 Å². The van der Waals surface area contributed by atoms with Crippen molar-refractivity contribution in [2.24, 2.45) is 7.05 Å². The Morgan fingerprint density at radius 1 is 1.20 bits per heavy atom. The van der Waals surface area contributed by atoms with Gasteiger partial charge in [-0.2, -0.15) is 5.10 Å². The van der Waals surface area contributed by atoms with Gasteiger partial charge < -0.3 is 14.8 Å². The van der Waals surface area contributed by atoms with Crippen molar-refractivity contribution >= 4 is 22.5 Å². The van der Waals surface area contributed by atoms with Crippen LogP contribution < -0.4 is 16.4 Å². The lowest BCUT2D eigenvalue weighted by molar-refractivity contribution is -0.128. The van der Waals surface area contributed by atoms with E-state index in [0.29, 0.717) is 24.9 Å². The van der Waals surface area contributed by atoms with Crippen LogP contribution in [0.25, 0.3) is 10.8 Å². The molecule has 0 spiro atoms. The molecule has 11 heteroatoms. The molecule has 2 aromatic heterocycles. The Hall–Kier alpha value is -3.63. The predicted octanol–water partition coefficient (Wildman–Crippen LogP) is 3.31. The van der Waals surface area contributed by atoms with Crippen molar-refractivity contribution in [3.05, 3.63) is 68.1 Å². The van der Waals surface area contributed by atoms with Gasteiger partial charge in [0.25, 0.3) is 17.5 Å². The van der Waals surface area contributed by atoms with E-state index in [4.69, 9.17) is 0 Å². The predicted molar refractivity (Wildman–Crippen MR) is 125 cm³/mol. The standard InChI is InChI=1S/C24H26F3N5O3/c1-13(15-6-5-7-16(20(15)25)21(26)27)28-22-18-11-32(24(3)8-9-31(12-24)14(2)33)19(34)10-17(18)23(35)30(4)29-22/h5-7,10-11,13,21H,8-9,12H2,1-4H3,(H,28,29)/t13?,24-/m1/s1. The van der Waals surface area contributed by atoms with Gasteiger partial charge in [0.05, 0.1) is 22.5 Å². The van der Waals surface area contributed by atoms with E-state index in [1.807, 2.05) is 6.92 Å². The van der Waals surface area contributed by atoms with Crippen LogP contribution in [0.15, 0.2) is 40.1 Å². The maximum absolute atomic E-state index is 14.7. The largest absolute Gasteiger partial charge is 0.361 e. The van der Waals surface area contributed by atoms with E-state index >= 15 is 0 Å². The average molecular weight is 489 g/mol. The van der Waals surface area contributed by atoms with Crippen LogP contribution in [-0.4, -0.2) is 38.2 Å². The quantitative estimate of drug-likeness (QED) is 0.594. The number of carbonyl (C=O) groups is 1. The molecule has 1 aliphatic heterocycles. The maximum atomic E-state index is 14.7. The first-order valence-electron chi connectivity index (χ1n) is 11.2. The number of anilines is 1. The minimum absolute atomic E-state index is 0.0137. The maximum Gasteiger partial charge on any atom is 0.274 e. The number of rotatable bonds is 5. The van der Waals surface area contributed by atoms with Gasteiger partial charge in [0.15, 0.2) is 5.82 Å². The molecule has 1 aliphatic rings. The molecule has 1 aromatic carbocycles. The van der Waals surface area contributed by atoms with Gasteiger partial charge >= 0.3 is 0 Å². The van der Waals surface area contributed by atoms with Gasteiger partial charge in [-0.3, -0.25) is 14.4 Å². The minimum Gasteiger partial charge on any atom is -0.361 e. The molecule has 35 heavy (non-hydrogen) atoms. The molecule has 1 amide bonds. The van der Waals surface area contributed by atoms with Crippen molar-refractivity contribution in [1.29, 1.82) is 0 Å². The monoisotopic (exact) mass is 489 g/mol. The van der Waals surface area contributed by atoms with E-state index < -0.39 is 40.5 Å². The lowest BCUT2D eigenvalue weighted by Gasteiger charge is -2.28. The fourth-order valence-corrected chi connectivity index (χ4v) is 4.62. The molecule has 1 saturated heterocycles. The van der Waals surface area contributed by atoms with Crippen LogP contribution in [0.3, 0.4) is 0 Å². The molecule has 1 N–H and O–H groups in total. The van der Waals surface area contributed by atoms with Gasteiger partial charge in [-0.05, 0) is 20.3 Å². The molecule has 2 atom stereocenters. The van der Waals surface area contributed by atoms with Crippen LogP contribution in [0.2, 0.25) is 0 Å². The number of aromatic nitrogens is 3. The highest BCUT2D eigenvalue weighted by Crippen LogP contribution is 2.32. The summed E-state index contributed by atoms with van der Waals surface area (Å²) >= 11 is 0. The third-order valence-electron chi connectivity index (χ3n) is 6.68. The number of pyridine rings is 1. The number of hydrogen-bond donors (Lipinski definition) is 1. The summed E-state index contributed by atoms with van der Waals surface area (Å²) in [7, 11) is 1.42. The summed E-state index contributed by atoms with van der Waals surface area (Å²) in [6.07, 6.45) is -0.896. The van der Waals surface area contributed by atoms with E-state index in [9.17, 15) is 27.6 Å². The van der Waals surface area contributed by atoms with Gasteiger partial charge in [-0.25, -0.2) is 17.9 Å². The molecular weight excluding hydrogens is 463 g/mol. The summed E-state index contributed by atoms with van der Waals surface area (Å²) in [6.45, 7) is 5.74. The van der Waals surface area contributed by atoms with Gasteiger partial charge in [0.2, 0.25) is 5.91 Å². The molecule has 1 fully saturated rings. The summed E-state index contributed by atoms with van der Waals surface area (Å²) in [5.74, 6) is -0.922. The number of nitrogens with zero attached hydrogens (tertiary/aromatic N) is 4. The second-order valence-corrected chi connectivity index (χ2v) is 9.19. The highest BCUT2D eigenvalue weighted by atomic mass is 19.3. The molecule has 0 bridgehead atoms. The average Bonchev–Trinajstić information content (AvgIpc) is 3.20. The van der Waals surface area contributed by atoms with Gasteiger partial charge in [-0.1, -0.05) is 18.2 Å². The molecule has 1 unspecified atom stereocenters. The zero-order valence-electron chi connectivity index (χ0n) is 19.8. The number of alkyl halides is 2. The number of halogens is 3. The van der Waals surface area contributed by atoms with Gasteiger partial charge in [0, 0.05) is 50.3 Å². The smallest absolute Gasteiger partial charge is 0.274 e.